The summed E-state index contributed by atoms with van der Waals surface area (Å²) in [5.74, 6) is 0.184. The molecule has 3 aromatic rings. The molecule has 4 rings (SSSR count). The molecule has 138 valence electrons. The van der Waals surface area contributed by atoms with Crippen molar-refractivity contribution in [2.24, 2.45) is 0 Å². The zero-order valence-electron chi connectivity index (χ0n) is 15.1. The molecule has 1 aromatic heterocycles. The average Bonchev–Trinajstić information content (AvgIpc) is 2.96. The van der Waals surface area contributed by atoms with Crippen LogP contribution < -0.4 is 4.90 Å². The maximum atomic E-state index is 13.2. The molecule has 1 atom stereocenters. The number of thioether (sulfide) groups is 1. The van der Waals surface area contributed by atoms with Crippen molar-refractivity contribution in [1.29, 1.82) is 0 Å². The normalized spacial score (nSPS) is 16.7. The van der Waals surface area contributed by atoms with Crippen LogP contribution in [0.15, 0.2) is 53.4 Å². The Hall–Kier alpha value is -2.67. The monoisotopic (exact) mass is 382 g/mol. The lowest BCUT2D eigenvalue weighted by Crippen LogP contribution is -2.33. The summed E-state index contributed by atoms with van der Waals surface area (Å²) in [5.41, 5.74) is 1.56. The van der Waals surface area contributed by atoms with E-state index >= 15 is 0 Å². The van der Waals surface area contributed by atoms with E-state index in [0.29, 0.717) is 23.3 Å². The number of nitrogens with zero attached hydrogens (tertiary/aromatic N) is 4. The molecule has 2 aromatic carbocycles. The van der Waals surface area contributed by atoms with Crippen molar-refractivity contribution in [3.05, 3.63) is 66.0 Å². The summed E-state index contributed by atoms with van der Waals surface area (Å²) < 4.78 is 14.7. The van der Waals surface area contributed by atoms with Crippen LogP contribution in [0.5, 0.6) is 0 Å². The molecule has 0 saturated heterocycles. The van der Waals surface area contributed by atoms with E-state index in [1.165, 1.54) is 12.1 Å². The number of hydrogen-bond acceptors (Lipinski definition) is 4. The molecule has 0 radical (unpaired) electrons. The number of fused-ring (bicyclic) bond motifs is 1. The van der Waals surface area contributed by atoms with Crippen LogP contribution in [-0.2, 0) is 0 Å². The molecule has 27 heavy (non-hydrogen) atoms. The van der Waals surface area contributed by atoms with E-state index in [1.807, 2.05) is 24.3 Å². The zero-order chi connectivity index (χ0) is 19.0. The minimum atomic E-state index is -0.319. The van der Waals surface area contributed by atoms with Crippen molar-refractivity contribution in [3.8, 4) is 5.69 Å². The van der Waals surface area contributed by atoms with E-state index in [-0.39, 0.29) is 17.5 Å². The van der Waals surface area contributed by atoms with Gasteiger partial charge >= 0.3 is 0 Å². The smallest absolute Gasteiger partial charge is 0.297 e. The van der Waals surface area contributed by atoms with Gasteiger partial charge < -0.3 is 4.90 Å². The number of halogens is 1. The standard InChI is InChI=1S/C20H19FN4OS/c1-13-11-12-24(17-5-3-4-6-18(17)27-13)20(26)19-22-14(2)25(23-19)16-9-7-15(21)8-10-16/h3-10,13H,11-12H2,1-2H3/t13-/m1/s1. The van der Waals surface area contributed by atoms with Crippen LogP contribution in [0.1, 0.15) is 29.8 Å². The predicted octanol–water partition coefficient (Wildman–Crippen LogP) is 4.25. The number of benzene rings is 2. The Balaban J connectivity index is 1.69. The fraction of sp³-hybridized carbons (Fsp3) is 0.250. The molecule has 0 fully saturated rings. The number of amides is 1. The first kappa shape index (κ1) is 17.7. The largest absolute Gasteiger partial charge is 0.304 e. The van der Waals surface area contributed by atoms with E-state index < -0.39 is 0 Å². The molecule has 0 saturated carbocycles. The summed E-state index contributed by atoms with van der Waals surface area (Å²) in [5, 5.41) is 4.82. The van der Waals surface area contributed by atoms with Crippen LogP contribution in [0.25, 0.3) is 5.69 Å². The van der Waals surface area contributed by atoms with Crippen LogP contribution in [0.3, 0.4) is 0 Å². The lowest BCUT2D eigenvalue weighted by Gasteiger charge is -2.20. The van der Waals surface area contributed by atoms with Gasteiger partial charge in [0.1, 0.15) is 11.6 Å². The van der Waals surface area contributed by atoms with Crippen LogP contribution >= 0.6 is 11.8 Å². The molecule has 0 bridgehead atoms. The Kier molecular flexibility index (Phi) is 4.70. The van der Waals surface area contributed by atoms with Gasteiger partial charge in [0.05, 0.1) is 11.4 Å². The van der Waals surface area contributed by atoms with E-state index in [2.05, 4.69) is 17.0 Å². The zero-order valence-corrected chi connectivity index (χ0v) is 15.9. The fourth-order valence-corrected chi connectivity index (χ4v) is 4.24. The number of carbonyl (C=O) groups is 1. The van der Waals surface area contributed by atoms with Crippen LogP contribution in [0, 0.1) is 12.7 Å². The van der Waals surface area contributed by atoms with Crippen molar-refractivity contribution in [2.45, 2.75) is 30.4 Å². The Labute approximate surface area is 161 Å². The van der Waals surface area contributed by atoms with Crippen LogP contribution in [-0.4, -0.2) is 32.5 Å². The molecule has 1 aliphatic rings. The fourth-order valence-electron chi connectivity index (χ4n) is 3.13. The second-order valence-corrected chi connectivity index (χ2v) is 7.99. The lowest BCUT2D eigenvalue weighted by molar-refractivity contribution is 0.0976. The first-order chi connectivity index (χ1) is 13.0. The molecule has 0 spiro atoms. The van der Waals surface area contributed by atoms with E-state index in [1.54, 1.807) is 40.4 Å². The first-order valence-electron chi connectivity index (χ1n) is 8.80. The highest BCUT2D eigenvalue weighted by Crippen LogP contribution is 2.37. The molecule has 7 heteroatoms. The van der Waals surface area contributed by atoms with Gasteiger partial charge in [-0.15, -0.1) is 16.9 Å². The van der Waals surface area contributed by atoms with Gasteiger partial charge in [0, 0.05) is 16.7 Å². The summed E-state index contributed by atoms with van der Waals surface area (Å²) in [6.07, 6.45) is 0.892. The van der Waals surface area contributed by atoms with Crippen molar-refractivity contribution >= 4 is 23.4 Å². The van der Waals surface area contributed by atoms with Crippen LogP contribution in [0.4, 0.5) is 10.1 Å². The Morgan fingerprint density at radius 1 is 1.19 bits per heavy atom. The SMILES string of the molecule is Cc1nc(C(=O)N2CC[C@@H](C)Sc3ccccc32)nn1-c1ccc(F)cc1. The van der Waals surface area contributed by atoms with Gasteiger partial charge in [0.2, 0.25) is 5.82 Å². The quantitative estimate of drug-likeness (QED) is 0.665. The van der Waals surface area contributed by atoms with Gasteiger partial charge in [-0.25, -0.2) is 14.1 Å². The van der Waals surface area contributed by atoms with Crippen molar-refractivity contribution in [1.82, 2.24) is 14.8 Å². The molecule has 1 aliphatic heterocycles. The maximum Gasteiger partial charge on any atom is 0.297 e. The summed E-state index contributed by atoms with van der Waals surface area (Å²) in [4.78, 5) is 20.4. The number of anilines is 1. The summed E-state index contributed by atoms with van der Waals surface area (Å²) in [7, 11) is 0. The maximum absolute atomic E-state index is 13.2. The van der Waals surface area contributed by atoms with Gasteiger partial charge in [-0.05, 0) is 49.7 Å². The average molecular weight is 382 g/mol. The molecule has 0 N–H and O–H groups in total. The lowest BCUT2D eigenvalue weighted by atomic mass is 10.2. The Bertz CT molecular complexity index is 986. The number of hydrogen-bond donors (Lipinski definition) is 0. The first-order valence-corrected chi connectivity index (χ1v) is 9.68. The predicted molar refractivity (Wildman–Crippen MR) is 104 cm³/mol. The molecule has 1 amide bonds. The third-order valence-electron chi connectivity index (χ3n) is 4.52. The third-order valence-corrected chi connectivity index (χ3v) is 5.76. The summed E-state index contributed by atoms with van der Waals surface area (Å²) in [6.45, 7) is 4.57. The second kappa shape index (κ2) is 7.15. The minimum Gasteiger partial charge on any atom is -0.304 e. The van der Waals surface area contributed by atoms with Gasteiger partial charge in [-0.1, -0.05) is 19.1 Å². The summed E-state index contributed by atoms with van der Waals surface area (Å²) in [6, 6.07) is 13.9. The second-order valence-electron chi connectivity index (χ2n) is 6.51. The molecule has 5 nitrogen and oxygen atoms in total. The Morgan fingerprint density at radius 2 is 1.93 bits per heavy atom. The molecular formula is C20H19FN4OS. The number of aromatic nitrogens is 3. The summed E-state index contributed by atoms with van der Waals surface area (Å²) >= 11 is 1.78. The third kappa shape index (κ3) is 3.47. The van der Waals surface area contributed by atoms with E-state index in [4.69, 9.17) is 0 Å². The van der Waals surface area contributed by atoms with Gasteiger partial charge in [-0.2, -0.15) is 0 Å². The number of carbonyl (C=O) groups excluding carboxylic acids is 1. The number of rotatable bonds is 2. The van der Waals surface area contributed by atoms with Gasteiger partial charge in [0.25, 0.3) is 5.91 Å². The minimum absolute atomic E-state index is 0.145. The molecular weight excluding hydrogens is 363 g/mol. The van der Waals surface area contributed by atoms with Gasteiger partial charge in [0.15, 0.2) is 0 Å². The molecule has 2 heterocycles. The van der Waals surface area contributed by atoms with Crippen molar-refractivity contribution < 1.29 is 9.18 Å². The highest BCUT2D eigenvalue weighted by atomic mass is 32.2. The van der Waals surface area contributed by atoms with Crippen LogP contribution in [0.2, 0.25) is 0 Å². The van der Waals surface area contributed by atoms with Crippen molar-refractivity contribution in [2.75, 3.05) is 11.4 Å². The molecule has 0 aliphatic carbocycles. The topological polar surface area (TPSA) is 51.0 Å². The van der Waals surface area contributed by atoms with E-state index in [0.717, 1.165) is 17.0 Å². The van der Waals surface area contributed by atoms with Crippen molar-refractivity contribution in [3.63, 3.8) is 0 Å². The number of para-hydroxylation sites is 1. The highest BCUT2D eigenvalue weighted by Gasteiger charge is 2.28. The van der Waals surface area contributed by atoms with Gasteiger partial charge in [-0.3, -0.25) is 4.79 Å². The Morgan fingerprint density at radius 3 is 2.70 bits per heavy atom. The number of aryl methyl sites for hydroxylation is 1. The highest BCUT2D eigenvalue weighted by molar-refractivity contribution is 8.00. The van der Waals surface area contributed by atoms with E-state index in [9.17, 15) is 9.18 Å². The molecule has 0 unspecified atom stereocenters.